The number of carbonyl (C=O) groups is 3. The summed E-state index contributed by atoms with van der Waals surface area (Å²) in [6.45, 7) is 14.7. The first-order valence-electron chi connectivity index (χ1n) is 23.0. The van der Waals surface area contributed by atoms with Crippen molar-refractivity contribution in [2.75, 3.05) is 88.4 Å². The van der Waals surface area contributed by atoms with Gasteiger partial charge in [-0.25, -0.2) is 4.98 Å². The van der Waals surface area contributed by atoms with Crippen LogP contribution in [0.25, 0.3) is 11.5 Å². The van der Waals surface area contributed by atoms with Crippen molar-refractivity contribution >= 4 is 59.0 Å². The molecule has 6 heterocycles. The Morgan fingerprint density at radius 1 is 0.896 bits per heavy atom. The van der Waals surface area contributed by atoms with Crippen molar-refractivity contribution in [1.29, 1.82) is 0 Å². The fourth-order valence-electron chi connectivity index (χ4n) is 9.66. The Bertz CT molecular complexity index is 2710. The van der Waals surface area contributed by atoms with Gasteiger partial charge in [0.2, 0.25) is 17.8 Å². The molecule has 3 N–H and O–H groups in total. The summed E-state index contributed by atoms with van der Waals surface area (Å²) in [6.07, 6.45) is 5.13. The lowest BCUT2D eigenvalue weighted by Gasteiger charge is -2.43. The zero-order chi connectivity index (χ0) is 46.8. The summed E-state index contributed by atoms with van der Waals surface area (Å²) < 4.78 is 31.0. The van der Waals surface area contributed by atoms with Crippen LogP contribution in [-0.4, -0.2) is 137 Å². The van der Waals surface area contributed by atoms with E-state index in [9.17, 15) is 18.9 Å². The fourth-order valence-corrected chi connectivity index (χ4v) is 10.8. The van der Waals surface area contributed by atoms with E-state index in [0.29, 0.717) is 76.8 Å². The minimum atomic E-state index is -2.64. The molecule has 3 saturated heterocycles. The minimum absolute atomic E-state index is 0.199. The maximum absolute atomic E-state index is 13.3. The van der Waals surface area contributed by atoms with Crippen molar-refractivity contribution in [2.45, 2.75) is 64.6 Å². The Morgan fingerprint density at radius 3 is 2.40 bits per heavy atom. The van der Waals surface area contributed by atoms with E-state index in [-0.39, 0.29) is 24.1 Å². The van der Waals surface area contributed by atoms with E-state index in [2.05, 4.69) is 64.8 Å². The maximum atomic E-state index is 13.3. The average Bonchev–Trinajstić information content (AvgIpc) is 3.91. The van der Waals surface area contributed by atoms with Crippen LogP contribution < -0.4 is 35.6 Å². The Kier molecular flexibility index (Phi) is 13.3. The van der Waals surface area contributed by atoms with Crippen LogP contribution in [-0.2, 0) is 27.1 Å². The molecule has 4 aliphatic heterocycles. The van der Waals surface area contributed by atoms with Gasteiger partial charge in [-0.15, -0.1) is 0 Å². The van der Waals surface area contributed by atoms with Crippen LogP contribution in [0, 0.1) is 6.92 Å². The number of rotatable bonds is 15. The molecular formula is C48H58N11O7P. The third-order valence-corrected chi connectivity index (χ3v) is 14.8. The summed E-state index contributed by atoms with van der Waals surface area (Å²) >= 11 is 0. The number of piperazine rings is 1. The van der Waals surface area contributed by atoms with Gasteiger partial charge in [0.25, 0.3) is 11.8 Å². The Morgan fingerprint density at radius 2 is 1.69 bits per heavy atom. The molecular weight excluding hydrogens is 874 g/mol. The SMILES string of the molecule is CCc1cc(Nc2ncc(-c3nc(C)no3)c(Nc3ccccc3P(C)(C)=O)n2)c(OC)cc1N1CCC(N2CCN(CCOc3cccc4c3CN(C3CCC(=O)NC3=O)C4=O)CC2)CC1. The number of benzene rings is 3. The van der Waals surface area contributed by atoms with Gasteiger partial charge in [-0.2, -0.15) is 9.97 Å². The normalized spacial score (nSPS) is 18.5. The van der Waals surface area contributed by atoms with Gasteiger partial charge in [0.15, 0.2) is 5.82 Å². The first kappa shape index (κ1) is 45.8. The minimum Gasteiger partial charge on any atom is -0.494 e. The number of aromatic nitrogens is 4. The summed E-state index contributed by atoms with van der Waals surface area (Å²) in [5.74, 6) is 1.92. The van der Waals surface area contributed by atoms with Crippen LogP contribution >= 0.6 is 7.14 Å². The number of ether oxygens (including phenoxy) is 2. The first-order chi connectivity index (χ1) is 32.4. The largest absolute Gasteiger partial charge is 0.494 e. The number of methoxy groups -OCH3 is 1. The molecule has 67 heavy (non-hydrogen) atoms. The zero-order valence-corrected chi connectivity index (χ0v) is 39.6. The maximum Gasteiger partial charge on any atom is 0.263 e. The van der Waals surface area contributed by atoms with Gasteiger partial charge in [-0.1, -0.05) is 30.3 Å². The third kappa shape index (κ3) is 9.88. The van der Waals surface area contributed by atoms with Gasteiger partial charge in [0.1, 0.15) is 42.7 Å². The standard InChI is InChI=1S/C48H58N11O7P/c1-6-31-26-37(52-48-49-28-34(46-50-30(2)55-66-46)44(54-48)51-36-11-7-8-13-42(36)67(4,5)63)41(64-3)27-39(31)58-18-16-32(17-19-58)57-22-20-56(21-23-57)24-25-65-40-12-9-10-33-35(40)29-59(47(33)62)38-14-15-43(60)53-45(38)61/h7-13,26-28,32,38H,6,14-25,29H2,1-5H3,(H,53,60,61)(H2,49,51,52,54). The lowest BCUT2D eigenvalue weighted by atomic mass is 9.99. The second-order valence-corrected chi connectivity index (χ2v) is 21.1. The second-order valence-electron chi connectivity index (χ2n) is 17.9. The van der Waals surface area contributed by atoms with E-state index in [1.807, 2.05) is 36.4 Å². The molecule has 0 spiro atoms. The van der Waals surface area contributed by atoms with E-state index in [4.69, 9.17) is 19.0 Å². The molecule has 2 aromatic heterocycles. The molecule has 0 bridgehead atoms. The molecule has 18 nitrogen and oxygen atoms in total. The predicted octanol–water partition coefficient (Wildman–Crippen LogP) is 5.57. The Hall–Kier alpha value is -6.36. The molecule has 3 fully saturated rings. The van der Waals surface area contributed by atoms with Crippen molar-refractivity contribution in [3.63, 3.8) is 0 Å². The number of hydrogen-bond donors (Lipinski definition) is 3. The Balaban J connectivity index is 0.797. The van der Waals surface area contributed by atoms with Gasteiger partial charge < -0.3 is 39.0 Å². The molecule has 3 aromatic carbocycles. The van der Waals surface area contributed by atoms with Crippen molar-refractivity contribution in [3.8, 4) is 23.0 Å². The number of aryl methyl sites for hydroxylation is 2. The number of amides is 3. The van der Waals surface area contributed by atoms with Crippen molar-refractivity contribution in [1.82, 2.24) is 40.1 Å². The highest BCUT2D eigenvalue weighted by Gasteiger charge is 2.40. The predicted molar refractivity (Wildman–Crippen MR) is 256 cm³/mol. The Labute approximate surface area is 390 Å². The summed E-state index contributed by atoms with van der Waals surface area (Å²) in [4.78, 5) is 60.5. The lowest BCUT2D eigenvalue weighted by molar-refractivity contribution is -0.136. The molecule has 4 aliphatic rings. The number of anilines is 5. The van der Waals surface area contributed by atoms with Crippen LogP contribution in [0.1, 0.15) is 59.9 Å². The summed E-state index contributed by atoms with van der Waals surface area (Å²) in [7, 11) is -0.966. The number of nitrogens with zero attached hydrogens (tertiary/aromatic N) is 8. The van der Waals surface area contributed by atoms with Gasteiger partial charge in [0.05, 0.1) is 25.0 Å². The number of imide groups is 1. The molecule has 19 heteroatoms. The second kappa shape index (κ2) is 19.5. The molecule has 1 atom stereocenters. The number of hydrogen-bond acceptors (Lipinski definition) is 16. The van der Waals surface area contributed by atoms with E-state index in [1.165, 1.54) is 5.56 Å². The molecule has 0 aliphatic carbocycles. The summed E-state index contributed by atoms with van der Waals surface area (Å²) in [5, 5.41) is 13.8. The van der Waals surface area contributed by atoms with Crippen LogP contribution in [0.5, 0.6) is 11.5 Å². The highest BCUT2D eigenvalue weighted by atomic mass is 31.2. The topological polar surface area (TPSA) is 200 Å². The lowest BCUT2D eigenvalue weighted by Crippen LogP contribution is -2.53. The van der Waals surface area contributed by atoms with Crippen LogP contribution in [0.4, 0.5) is 28.8 Å². The molecule has 3 amide bonds. The summed E-state index contributed by atoms with van der Waals surface area (Å²) in [6, 6.07) is 17.1. The molecule has 1 unspecified atom stereocenters. The van der Waals surface area contributed by atoms with Gasteiger partial charge >= 0.3 is 0 Å². The highest BCUT2D eigenvalue weighted by molar-refractivity contribution is 7.70. The molecule has 0 saturated carbocycles. The third-order valence-electron chi connectivity index (χ3n) is 13.2. The summed E-state index contributed by atoms with van der Waals surface area (Å²) in [5.41, 5.74) is 5.61. The molecule has 0 radical (unpaired) electrons. The van der Waals surface area contributed by atoms with E-state index in [0.717, 1.165) is 82.0 Å². The van der Waals surface area contributed by atoms with Gasteiger partial charge in [-0.3, -0.25) is 29.5 Å². The number of para-hydroxylation sites is 1. The van der Waals surface area contributed by atoms with Crippen molar-refractivity contribution in [2.24, 2.45) is 0 Å². The smallest absolute Gasteiger partial charge is 0.263 e. The molecule has 9 rings (SSSR count). The van der Waals surface area contributed by atoms with Gasteiger partial charge in [0, 0.05) is 92.7 Å². The number of carbonyl (C=O) groups excluding carboxylic acids is 3. The molecule has 5 aromatic rings. The van der Waals surface area contributed by atoms with E-state index in [1.54, 1.807) is 44.5 Å². The van der Waals surface area contributed by atoms with Crippen molar-refractivity contribution < 1.29 is 32.9 Å². The van der Waals surface area contributed by atoms with Crippen LogP contribution in [0.2, 0.25) is 0 Å². The first-order valence-corrected chi connectivity index (χ1v) is 25.6. The highest BCUT2D eigenvalue weighted by Crippen LogP contribution is 2.41. The van der Waals surface area contributed by atoms with Crippen LogP contribution in [0.15, 0.2) is 65.3 Å². The number of piperidine rings is 2. The quantitative estimate of drug-likeness (QED) is 0.0869. The number of nitrogens with one attached hydrogen (secondary N) is 3. The molecule has 352 valence electrons. The van der Waals surface area contributed by atoms with Crippen molar-refractivity contribution in [3.05, 3.63) is 83.3 Å². The van der Waals surface area contributed by atoms with E-state index >= 15 is 0 Å². The zero-order valence-electron chi connectivity index (χ0n) is 38.7. The average molecular weight is 932 g/mol. The monoisotopic (exact) mass is 931 g/mol. The van der Waals surface area contributed by atoms with Gasteiger partial charge in [-0.05, 0) is 81.8 Å². The number of fused-ring (bicyclic) bond motifs is 1. The van der Waals surface area contributed by atoms with Crippen LogP contribution in [0.3, 0.4) is 0 Å². The van der Waals surface area contributed by atoms with E-state index < -0.39 is 19.1 Å². The fraction of sp³-hybridized carbons (Fsp3) is 0.438.